The van der Waals surface area contributed by atoms with Crippen molar-refractivity contribution in [2.24, 2.45) is 0 Å². The standard InChI is InChI=1S/C22H18ClN3OS/c1-15-12-16(23)9-10-19(15)25-22(27)18-6-2-3-7-20(18)28-14-17-13-26-11-5-4-8-21(26)24-17/h2-13H,14H2,1H3,(H,25,27). The summed E-state index contributed by atoms with van der Waals surface area (Å²) in [5.41, 5.74) is 4.22. The summed E-state index contributed by atoms with van der Waals surface area (Å²) in [6.45, 7) is 1.92. The largest absolute Gasteiger partial charge is 0.322 e. The fourth-order valence-corrected chi connectivity index (χ4v) is 4.11. The van der Waals surface area contributed by atoms with Gasteiger partial charge in [0.25, 0.3) is 5.91 Å². The first-order valence-corrected chi connectivity index (χ1v) is 10.2. The van der Waals surface area contributed by atoms with Crippen molar-refractivity contribution in [3.05, 3.63) is 94.9 Å². The Hall–Kier alpha value is -2.76. The van der Waals surface area contributed by atoms with Gasteiger partial charge in [-0.25, -0.2) is 4.98 Å². The number of imidazole rings is 1. The molecule has 6 heteroatoms. The Morgan fingerprint density at radius 1 is 1.14 bits per heavy atom. The topological polar surface area (TPSA) is 46.4 Å². The molecule has 0 bridgehead atoms. The summed E-state index contributed by atoms with van der Waals surface area (Å²) in [6.07, 6.45) is 3.99. The van der Waals surface area contributed by atoms with Crippen molar-refractivity contribution in [3.63, 3.8) is 0 Å². The number of nitrogens with one attached hydrogen (secondary N) is 1. The average Bonchev–Trinajstić information content (AvgIpc) is 3.12. The lowest BCUT2D eigenvalue weighted by Gasteiger charge is -2.11. The highest BCUT2D eigenvalue weighted by Gasteiger charge is 2.13. The second-order valence-corrected chi connectivity index (χ2v) is 7.85. The van der Waals surface area contributed by atoms with Crippen LogP contribution in [0.15, 0.2) is 78.0 Å². The molecule has 2 heterocycles. The number of nitrogens with zero attached hydrogens (tertiary/aromatic N) is 2. The van der Waals surface area contributed by atoms with Crippen molar-refractivity contribution in [2.75, 3.05) is 5.32 Å². The number of fused-ring (bicyclic) bond motifs is 1. The zero-order chi connectivity index (χ0) is 19.5. The van der Waals surface area contributed by atoms with E-state index in [0.29, 0.717) is 16.3 Å². The van der Waals surface area contributed by atoms with Crippen LogP contribution < -0.4 is 5.32 Å². The molecule has 2 aromatic heterocycles. The summed E-state index contributed by atoms with van der Waals surface area (Å²) >= 11 is 7.60. The van der Waals surface area contributed by atoms with Gasteiger partial charge in [0, 0.05) is 33.8 Å². The van der Waals surface area contributed by atoms with E-state index in [1.54, 1.807) is 17.8 Å². The SMILES string of the molecule is Cc1cc(Cl)ccc1NC(=O)c1ccccc1SCc1cn2ccccc2n1. The molecule has 0 aliphatic carbocycles. The van der Waals surface area contributed by atoms with E-state index in [1.165, 1.54) is 0 Å². The Bertz CT molecular complexity index is 1120. The van der Waals surface area contributed by atoms with Gasteiger partial charge in [0.05, 0.1) is 11.3 Å². The molecule has 2 aromatic carbocycles. The lowest BCUT2D eigenvalue weighted by molar-refractivity contribution is 0.102. The molecule has 0 radical (unpaired) electrons. The highest BCUT2D eigenvalue weighted by molar-refractivity contribution is 7.98. The smallest absolute Gasteiger partial charge is 0.256 e. The quantitative estimate of drug-likeness (QED) is 0.422. The maximum Gasteiger partial charge on any atom is 0.256 e. The van der Waals surface area contributed by atoms with Crippen LogP contribution in [0.4, 0.5) is 5.69 Å². The lowest BCUT2D eigenvalue weighted by Crippen LogP contribution is -2.13. The molecule has 0 aliphatic heterocycles. The number of amides is 1. The van der Waals surface area contributed by atoms with E-state index >= 15 is 0 Å². The minimum Gasteiger partial charge on any atom is -0.322 e. The minimum absolute atomic E-state index is 0.136. The number of hydrogen-bond donors (Lipinski definition) is 1. The predicted octanol–water partition coefficient (Wildman–Crippen LogP) is 5.84. The highest BCUT2D eigenvalue weighted by atomic mass is 35.5. The van der Waals surface area contributed by atoms with Gasteiger partial charge >= 0.3 is 0 Å². The Kier molecular flexibility index (Phi) is 5.37. The number of pyridine rings is 1. The normalized spacial score (nSPS) is 10.9. The molecular formula is C22H18ClN3OS. The summed E-state index contributed by atoms with van der Waals surface area (Å²) in [5, 5.41) is 3.63. The van der Waals surface area contributed by atoms with Crippen molar-refractivity contribution in [1.29, 1.82) is 0 Å². The molecule has 140 valence electrons. The number of carbonyl (C=O) groups is 1. The van der Waals surface area contributed by atoms with Crippen LogP contribution in [0.3, 0.4) is 0 Å². The van der Waals surface area contributed by atoms with Crippen molar-refractivity contribution in [3.8, 4) is 0 Å². The van der Waals surface area contributed by atoms with E-state index in [-0.39, 0.29) is 5.91 Å². The van der Waals surface area contributed by atoms with E-state index in [1.807, 2.05) is 78.3 Å². The van der Waals surface area contributed by atoms with Gasteiger partial charge in [-0.2, -0.15) is 0 Å². The fourth-order valence-electron chi connectivity index (χ4n) is 2.95. The predicted molar refractivity (Wildman–Crippen MR) is 115 cm³/mol. The number of carbonyl (C=O) groups excluding carboxylic acids is 1. The fraction of sp³-hybridized carbons (Fsp3) is 0.0909. The third-order valence-electron chi connectivity index (χ3n) is 4.36. The van der Waals surface area contributed by atoms with Crippen LogP contribution in [0.2, 0.25) is 5.02 Å². The summed E-state index contributed by atoms with van der Waals surface area (Å²) in [4.78, 5) is 18.4. The zero-order valence-electron chi connectivity index (χ0n) is 15.2. The van der Waals surface area contributed by atoms with Gasteiger partial charge in [0.15, 0.2) is 0 Å². The first-order valence-electron chi connectivity index (χ1n) is 8.82. The van der Waals surface area contributed by atoms with Gasteiger partial charge in [-0.3, -0.25) is 4.79 Å². The first-order chi connectivity index (χ1) is 13.6. The molecular weight excluding hydrogens is 390 g/mol. The molecule has 28 heavy (non-hydrogen) atoms. The van der Waals surface area contributed by atoms with Crippen LogP contribution in [0, 0.1) is 6.92 Å². The molecule has 4 rings (SSSR count). The van der Waals surface area contributed by atoms with Gasteiger partial charge in [-0.15, -0.1) is 11.8 Å². The summed E-state index contributed by atoms with van der Waals surface area (Å²) in [5.74, 6) is 0.551. The molecule has 4 aromatic rings. The van der Waals surface area contributed by atoms with Gasteiger partial charge in [0.2, 0.25) is 0 Å². The number of halogens is 1. The van der Waals surface area contributed by atoms with Crippen LogP contribution in [0.5, 0.6) is 0 Å². The summed E-state index contributed by atoms with van der Waals surface area (Å²) in [7, 11) is 0. The van der Waals surface area contributed by atoms with E-state index < -0.39 is 0 Å². The van der Waals surface area contributed by atoms with Crippen LogP contribution >= 0.6 is 23.4 Å². The number of aromatic nitrogens is 2. The van der Waals surface area contributed by atoms with Crippen molar-refractivity contribution >= 4 is 40.6 Å². The van der Waals surface area contributed by atoms with E-state index in [9.17, 15) is 4.79 Å². The molecule has 1 amide bonds. The van der Waals surface area contributed by atoms with E-state index in [4.69, 9.17) is 11.6 Å². The Balaban J connectivity index is 1.52. The Labute approximate surface area is 172 Å². The van der Waals surface area contributed by atoms with Crippen LogP contribution in [-0.2, 0) is 5.75 Å². The zero-order valence-corrected chi connectivity index (χ0v) is 16.8. The van der Waals surface area contributed by atoms with E-state index in [2.05, 4.69) is 10.3 Å². The van der Waals surface area contributed by atoms with Crippen molar-refractivity contribution in [1.82, 2.24) is 9.38 Å². The third kappa shape index (κ3) is 4.06. The molecule has 0 saturated heterocycles. The molecule has 0 saturated carbocycles. The highest BCUT2D eigenvalue weighted by Crippen LogP contribution is 2.28. The van der Waals surface area contributed by atoms with Crippen molar-refractivity contribution in [2.45, 2.75) is 17.6 Å². The first kappa shape index (κ1) is 18.6. The second kappa shape index (κ2) is 8.09. The Morgan fingerprint density at radius 2 is 1.96 bits per heavy atom. The second-order valence-electron chi connectivity index (χ2n) is 6.40. The summed E-state index contributed by atoms with van der Waals surface area (Å²) < 4.78 is 2.00. The molecule has 0 spiro atoms. The number of rotatable bonds is 5. The monoisotopic (exact) mass is 407 g/mol. The van der Waals surface area contributed by atoms with Gasteiger partial charge in [-0.05, 0) is 55.0 Å². The third-order valence-corrected chi connectivity index (χ3v) is 5.70. The molecule has 4 nitrogen and oxygen atoms in total. The average molecular weight is 408 g/mol. The lowest BCUT2D eigenvalue weighted by atomic mass is 10.1. The van der Waals surface area contributed by atoms with E-state index in [0.717, 1.165) is 27.5 Å². The number of anilines is 1. The number of hydrogen-bond acceptors (Lipinski definition) is 3. The molecule has 0 fully saturated rings. The molecule has 0 atom stereocenters. The Morgan fingerprint density at radius 3 is 2.79 bits per heavy atom. The maximum atomic E-state index is 12.8. The van der Waals surface area contributed by atoms with Crippen LogP contribution in [0.25, 0.3) is 5.65 Å². The van der Waals surface area contributed by atoms with Crippen LogP contribution in [-0.4, -0.2) is 15.3 Å². The number of aryl methyl sites for hydroxylation is 1. The number of benzene rings is 2. The molecule has 1 N–H and O–H groups in total. The van der Waals surface area contributed by atoms with Gasteiger partial charge in [0.1, 0.15) is 5.65 Å². The molecule has 0 aliphatic rings. The van der Waals surface area contributed by atoms with Crippen LogP contribution in [0.1, 0.15) is 21.6 Å². The van der Waals surface area contributed by atoms with Gasteiger partial charge < -0.3 is 9.72 Å². The maximum absolute atomic E-state index is 12.8. The number of thioether (sulfide) groups is 1. The molecule has 0 unspecified atom stereocenters. The minimum atomic E-state index is -0.136. The van der Waals surface area contributed by atoms with Crippen molar-refractivity contribution < 1.29 is 4.79 Å². The van der Waals surface area contributed by atoms with Gasteiger partial charge in [-0.1, -0.05) is 29.8 Å². The summed E-state index contributed by atoms with van der Waals surface area (Å²) in [6, 6.07) is 19.0.